The van der Waals surface area contributed by atoms with Crippen LogP contribution >= 0.6 is 11.6 Å². The molecule has 2 rings (SSSR count). The number of carbonyl (C=O) groups excluding carboxylic acids is 2. The fourth-order valence-corrected chi connectivity index (χ4v) is 3.45. The Labute approximate surface area is 166 Å². The second-order valence-electron chi connectivity index (χ2n) is 7.11. The largest absolute Gasteiger partial charge is 0.383 e. The Morgan fingerprint density at radius 1 is 1.30 bits per heavy atom. The number of amides is 2. The topological polar surface area (TPSA) is 67.9 Å². The number of ether oxygens (including phenoxy) is 2. The van der Waals surface area contributed by atoms with Crippen LogP contribution < -0.4 is 5.32 Å². The maximum Gasteiger partial charge on any atom is 0.230 e. The van der Waals surface area contributed by atoms with Crippen LogP contribution in [0.3, 0.4) is 0 Å². The first kappa shape index (κ1) is 21.7. The van der Waals surface area contributed by atoms with Crippen LogP contribution in [0.1, 0.15) is 25.8 Å². The second kappa shape index (κ2) is 10.1. The van der Waals surface area contributed by atoms with Gasteiger partial charge in [0, 0.05) is 37.9 Å². The highest BCUT2D eigenvalue weighted by Gasteiger charge is 2.50. The monoisotopic (exact) mass is 396 g/mol. The zero-order valence-electron chi connectivity index (χ0n) is 16.3. The number of nitrogens with one attached hydrogen (secondary N) is 1. The van der Waals surface area contributed by atoms with Crippen molar-refractivity contribution in [2.45, 2.75) is 32.7 Å². The van der Waals surface area contributed by atoms with Crippen molar-refractivity contribution >= 4 is 23.4 Å². The van der Waals surface area contributed by atoms with E-state index in [1.54, 1.807) is 12.0 Å². The lowest BCUT2D eigenvalue weighted by Crippen LogP contribution is -2.66. The fraction of sp³-hybridized carbons (Fsp3) is 0.600. The summed E-state index contributed by atoms with van der Waals surface area (Å²) in [6, 6.07) is 7.40. The van der Waals surface area contributed by atoms with E-state index in [0.29, 0.717) is 50.8 Å². The van der Waals surface area contributed by atoms with E-state index in [0.717, 1.165) is 5.56 Å². The fourth-order valence-electron chi connectivity index (χ4n) is 3.32. The van der Waals surface area contributed by atoms with Gasteiger partial charge in [-0.25, -0.2) is 0 Å². The van der Waals surface area contributed by atoms with Crippen molar-refractivity contribution in [3.8, 4) is 0 Å². The first-order chi connectivity index (χ1) is 12.9. The predicted molar refractivity (Wildman–Crippen MR) is 105 cm³/mol. The zero-order chi connectivity index (χ0) is 19.9. The molecule has 1 aliphatic heterocycles. The zero-order valence-corrected chi connectivity index (χ0v) is 17.1. The summed E-state index contributed by atoms with van der Waals surface area (Å²) in [5.41, 5.74) is 0.396. The van der Waals surface area contributed by atoms with E-state index in [9.17, 15) is 9.59 Å². The van der Waals surface area contributed by atoms with Gasteiger partial charge in [0.05, 0.1) is 25.0 Å². The van der Waals surface area contributed by atoms with Gasteiger partial charge in [-0.3, -0.25) is 9.59 Å². The molecule has 0 saturated carbocycles. The van der Waals surface area contributed by atoms with Crippen LogP contribution in [-0.4, -0.2) is 62.8 Å². The molecule has 0 aromatic heterocycles. The molecule has 6 nitrogen and oxygen atoms in total. The summed E-state index contributed by atoms with van der Waals surface area (Å²) in [5, 5.41) is 3.67. The number of halogens is 1. The molecule has 150 valence electrons. The molecule has 1 N–H and O–H groups in total. The molecule has 1 atom stereocenters. The number of hydrogen-bond donors (Lipinski definition) is 1. The van der Waals surface area contributed by atoms with E-state index in [4.69, 9.17) is 21.1 Å². The van der Waals surface area contributed by atoms with Gasteiger partial charge in [0.15, 0.2) is 0 Å². The molecule has 0 aliphatic carbocycles. The van der Waals surface area contributed by atoms with Gasteiger partial charge in [-0.05, 0) is 38.0 Å². The third-order valence-corrected chi connectivity index (χ3v) is 4.99. The lowest BCUT2D eigenvalue weighted by atomic mass is 9.73. The molecule has 0 unspecified atom stereocenters. The Morgan fingerprint density at radius 3 is 2.56 bits per heavy atom. The number of hydrogen-bond acceptors (Lipinski definition) is 4. The molecule has 1 saturated heterocycles. The summed E-state index contributed by atoms with van der Waals surface area (Å²) in [5.74, 6) is -0.0243. The van der Waals surface area contributed by atoms with Crippen LogP contribution in [0, 0.1) is 5.41 Å². The van der Waals surface area contributed by atoms with Gasteiger partial charge >= 0.3 is 0 Å². The quantitative estimate of drug-likeness (QED) is 0.616. The van der Waals surface area contributed by atoms with Crippen molar-refractivity contribution in [1.29, 1.82) is 0 Å². The van der Waals surface area contributed by atoms with Crippen LogP contribution in [0.2, 0.25) is 5.02 Å². The van der Waals surface area contributed by atoms with Gasteiger partial charge in [0.1, 0.15) is 0 Å². The maximum absolute atomic E-state index is 13.0. The average Bonchev–Trinajstić information content (AvgIpc) is 2.59. The van der Waals surface area contributed by atoms with Crippen molar-refractivity contribution in [2.24, 2.45) is 5.41 Å². The molecule has 0 radical (unpaired) electrons. The lowest BCUT2D eigenvalue weighted by Gasteiger charge is -2.49. The maximum atomic E-state index is 13.0. The van der Waals surface area contributed by atoms with Crippen LogP contribution in [-0.2, 0) is 25.5 Å². The predicted octanol–water partition coefficient (Wildman–Crippen LogP) is 2.29. The normalized spacial score (nSPS) is 16.5. The SMILES string of the molecule is CCOCCC(=O)N1CC(Cc2ccc(Cl)cc2)(C(=O)N[C@@H](C)COC)C1. The molecule has 2 amide bonds. The minimum absolute atomic E-state index is 0.0212. The van der Waals surface area contributed by atoms with Crippen molar-refractivity contribution in [2.75, 3.05) is 40.0 Å². The van der Waals surface area contributed by atoms with Crippen molar-refractivity contribution < 1.29 is 19.1 Å². The summed E-state index contributed by atoms with van der Waals surface area (Å²) in [6.45, 7) is 6.07. The van der Waals surface area contributed by atoms with Crippen molar-refractivity contribution in [3.05, 3.63) is 34.9 Å². The Balaban J connectivity index is 2.05. The van der Waals surface area contributed by atoms with Gasteiger partial charge < -0.3 is 19.7 Å². The van der Waals surface area contributed by atoms with Gasteiger partial charge in [-0.15, -0.1) is 0 Å². The van der Waals surface area contributed by atoms with E-state index < -0.39 is 5.41 Å². The Kier molecular flexibility index (Phi) is 8.07. The molecular weight excluding hydrogens is 368 g/mol. The molecule has 1 fully saturated rings. The average molecular weight is 397 g/mol. The highest BCUT2D eigenvalue weighted by molar-refractivity contribution is 6.30. The standard InChI is InChI=1S/C20H29ClN2O4/c1-4-27-10-9-18(24)23-13-20(14-23,19(25)22-15(2)12-26-3)11-16-5-7-17(21)8-6-16/h5-8,15H,4,9-14H2,1-3H3,(H,22,25)/t15-/m0/s1. The lowest BCUT2D eigenvalue weighted by molar-refractivity contribution is -0.154. The summed E-state index contributed by atoms with van der Waals surface area (Å²) < 4.78 is 10.4. The van der Waals surface area contributed by atoms with E-state index in [-0.39, 0.29) is 17.9 Å². The molecule has 1 aliphatic rings. The van der Waals surface area contributed by atoms with Crippen molar-refractivity contribution in [3.63, 3.8) is 0 Å². The second-order valence-corrected chi connectivity index (χ2v) is 7.55. The number of nitrogens with zero attached hydrogens (tertiary/aromatic N) is 1. The van der Waals surface area contributed by atoms with E-state index in [1.807, 2.05) is 38.1 Å². The van der Waals surface area contributed by atoms with Crippen LogP contribution in [0.25, 0.3) is 0 Å². The summed E-state index contributed by atoms with van der Waals surface area (Å²) in [7, 11) is 1.61. The molecule has 7 heteroatoms. The highest BCUT2D eigenvalue weighted by Crippen LogP contribution is 2.35. The molecule has 27 heavy (non-hydrogen) atoms. The molecular formula is C20H29ClN2O4. The van der Waals surface area contributed by atoms with Crippen LogP contribution in [0.5, 0.6) is 0 Å². The number of carbonyl (C=O) groups is 2. The minimum atomic E-state index is -0.628. The molecule has 1 aromatic rings. The number of methoxy groups -OCH3 is 1. The number of benzene rings is 1. The molecule has 1 heterocycles. The molecule has 0 spiro atoms. The van der Waals surface area contributed by atoms with Gasteiger partial charge in [-0.2, -0.15) is 0 Å². The van der Waals surface area contributed by atoms with E-state index in [2.05, 4.69) is 5.32 Å². The smallest absolute Gasteiger partial charge is 0.230 e. The highest BCUT2D eigenvalue weighted by atomic mass is 35.5. The van der Waals surface area contributed by atoms with Crippen LogP contribution in [0.15, 0.2) is 24.3 Å². The molecule has 1 aromatic carbocycles. The van der Waals surface area contributed by atoms with Crippen LogP contribution in [0.4, 0.5) is 0 Å². The van der Waals surface area contributed by atoms with E-state index >= 15 is 0 Å². The van der Waals surface area contributed by atoms with Gasteiger partial charge in [0.25, 0.3) is 0 Å². The third-order valence-electron chi connectivity index (χ3n) is 4.74. The number of rotatable bonds is 10. The third kappa shape index (κ3) is 5.92. The molecule has 0 bridgehead atoms. The summed E-state index contributed by atoms with van der Waals surface area (Å²) >= 11 is 5.96. The Hall–Kier alpha value is -1.63. The Bertz CT molecular complexity index is 629. The summed E-state index contributed by atoms with van der Waals surface area (Å²) in [4.78, 5) is 27.0. The number of likely N-dealkylation sites (tertiary alicyclic amines) is 1. The summed E-state index contributed by atoms with van der Waals surface area (Å²) in [6.07, 6.45) is 0.900. The van der Waals surface area contributed by atoms with E-state index in [1.165, 1.54) is 0 Å². The Morgan fingerprint density at radius 2 is 1.96 bits per heavy atom. The van der Waals surface area contributed by atoms with Gasteiger partial charge in [0.2, 0.25) is 11.8 Å². The minimum Gasteiger partial charge on any atom is -0.383 e. The van der Waals surface area contributed by atoms with Gasteiger partial charge in [-0.1, -0.05) is 23.7 Å². The first-order valence-corrected chi connectivity index (χ1v) is 9.68. The van der Waals surface area contributed by atoms with Crippen molar-refractivity contribution in [1.82, 2.24) is 10.2 Å². The first-order valence-electron chi connectivity index (χ1n) is 9.30.